The van der Waals surface area contributed by atoms with Gasteiger partial charge in [-0.2, -0.15) is 0 Å². The summed E-state index contributed by atoms with van der Waals surface area (Å²) in [4.78, 5) is 26.5. The quantitative estimate of drug-likeness (QED) is 0.749. The fraction of sp³-hybridized carbons (Fsp3) is 0.154. The molecule has 0 unspecified atom stereocenters. The molecular formula is C13H11BrN2O4S. The molecule has 0 spiro atoms. The number of benzene rings is 1. The van der Waals surface area contributed by atoms with Crippen LogP contribution in [0.25, 0.3) is 0 Å². The lowest BCUT2D eigenvalue weighted by molar-refractivity contribution is 0.0690. The number of thiazole rings is 1. The van der Waals surface area contributed by atoms with E-state index in [4.69, 9.17) is 5.11 Å². The summed E-state index contributed by atoms with van der Waals surface area (Å²) in [5, 5.41) is 23.2. The second kappa shape index (κ2) is 6.68. The third-order valence-electron chi connectivity index (χ3n) is 2.60. The van der Waals surface area contributed by atoms with Crippen LogP contribution in [0.15, 0.2) is 28.1 Å². The Bertz CT molecular complexity index is 687. The molecule has 0 atom stereocenters. The van der Waals surface area contributed by atoms with E-state index in [1.807, 2.05) is 0 Å². The Hall–Kier alpha value is -1.93. The summed E-state index contributed by atoms with van der Waals surface area (Å²) in [5.41, 5.74) is 0.190. The number of nitrogens with one attached hydrogen (secondary N) is 1. The van der Waals surface area contributed by atoms with E-state index >= 15 is 0 Å². The molecule has 8 heteroatoms. The summed E-state index contributed by atoms with van der Waals surface area (Å²) in [6.45, 7) is 0.306. The number of halogens is 1. The van der Waals surface area contributed by atoms with Gasteiger partial charge < -0.3 is 15.5 Å². The van der Waals surface area contributed by atoms with Gasteiger partial charge in [-0.25, -0.2) is 9.78 Å². The maximum Gasteiger partial charge on any atom is 0.355 e. The number of nitrogens with zero attached hydrogens (tertiary/aromatic N) is 1. The van der Waals surface area contributed by atoms with Crippen molar-refractivity contribution in [2.24, 2.45) is 0 Å². The van der Waals surface area contributed by atoms with Gasteiger partial charge in [-0.05, 0) is 18.2 Å². The van der Waals surface area contributed by atoms with Gasteiger partial charge in [-0.1, -0.05) is 15.9 Å². The highest BCUT2D eigenvalue weighted by atomic mass is 79.9. The van der Waals surface area contributed by atoms with Crippen LogP contribution < -0.4 is 5.32 Å². The number of hydrogen-bond donors (Lipinski definition) is 3. The number of aromatic nitrogens is 1. The van der Waals surface area contributed by atoms with Gasteiger partial charge in [-0.15, -0.1) is 11.3 Å². The molecule has 3 N–H and O–H groups in total. The average Bonchev–Trinajstić information content (AvgIpc) is 2.87. The highest BCUT2D eigenvalue weighted by molar-refractivity contribution is 9.10. The van der Waals surface area contributed by atoms with Crippen molar-refractivity contribution >= 4 is 39.1 Å². The minimum absolute atomic E-state index is 0.00637. The van der Waals surface area contributed by atoms with Gasteiger partial charge >= 0.3 is 5.97 Å². The van der Waals surface area contributed by atoms with E-state index in [-0.39, 0.29) is 17.0 Å². The van der Waals surface area contributed by atoms with Crippen molar-refractivity contribution in [1.29, 1.82) is 0 Å². The smallest absolute Gasteiger partial charge is 0.355 e. The van der Waals surface area contributed by atoms with Crippen LogP contribution in [0.2, 0.25) is 0 Å². The van der Waals surface area contributed by atoms with Crippen molar-refractivity contribution in [3.63, 3.8) is 0 Å². The van der Waals surface area contributed by atoms with E-state index in [0.717, 1.165) is 0 Å². The number of amides is 1. The molecule has 110 valence electrons. The van der Waals surface area contributed by atoms with Crippen LogP contribution in [0.3, 0.4) is 0 Å². The summed E-state index contributed by atoms with van der Waals surface area (Å²) in [6.07, 6.45) is 0.432. The summed E-state index contributed by atoms with van der Waals surface area (Å²) < 4.78 is 0.681. The summed E-state index contributed by atoms with van der Waals surface area (Å²) in [7, 11) is 0. The Morgan fingerprint density at radius 3 is 2.76 bits per heavy atom. The van der Waals surface area contributed by atoms with Gasteiger partial charge in [0.2, 0.25) is 0 Å². The third-order valence-corrected chi connectivity index (χ3v) is 4.00. The lowest BCUT2D eigenvalue weighted by Gasteiger charge is -2.06. The highest BCUT2D eigenvalue weighted by Crippen LogP contribution is 2.22. The first-order valence-corrected chi connectivity index (χ1v) is 7.59. The molecule has 0 aliphatic rings. The van der Waals surface area contributed by atoms with Crippen molar-refractivity contribution in [2.75, 3.05) is 6.54 Å². The number of aromatic hydroxyl groups is 1. The summed E-state index contributed by atoms with van der Waals surface area (Å²) >= 11 is 4.43. The van der Waals surface area contributed by atoms with Crippen molar-refractivity contribution in [3.8, 4) is 5.75 Å². The molecule has 1 heterocycles. The minimum atomic E-state index is -1.07. The Morgan fingerprint density at radius 2 is 2.14 bits per heavy atom. The van der Waals surface area contributed by atoms with Crippen LogP contribution in [-0.2, 0) is 6.42 Å². The molecule has 0 saturated heterocycles. The second-order valence-corrected chi connectivity index (χ2v) is 5.96. The third kappa shape index (κ3) is 4.02. The number of rotatable bonds is 5. The summed E-state index contributed by atoms with van der Waals surface area (Å²) in [6, 6.07) is 4.62. The van der Waals surface area contributed by atoms with Gasteiger partial charge in [0.05, 0.1) is 10.6 Å². The fourth-order valence-electron chi connectivity index (χ4n) is 1.60. The topological polar surface area (TPSA) is 99.5 Å². The Labute approximate surface area is 132 Å². The first-order chi connectivity index (χ1) is 9.97. The lowest BCUT2D eigenvalue weighted by Crippen LogP contribution is -2.25. The van der Waals surface area contributed by atoms with E-state index < -0.39 is 11.9 Å². The van der Waals surface area contributed by atoms with E-state index in [2.05, 4.69) is 26.2 Å². The van der Waals surface area contributed by atoms with Crippen molar-refractivity contribution in [2.45, 2.75) is 6.42 Å². The van der Waals surface area contributed by atoms with Crippen molar-refractivity contribution in [3.05, 3.63) is 44.3 Å². The molecule has 2 rings (SSSR count). The average molecular weight is 371 g/mol. The fourth-order valence-corrected chi connectivity index (χ4v) is 2.72. The standard InChI is InChI=1S/C13H11BrN2O4S/c14-7-1-2-8(10(17)5-7)12(18)15-4-3-11-16-9(6-21-11)13(19)20/h1-2,5-6,17H,3-4H2,(H,15,18)(H,19,20). The molecule has 1 amide bonds. The second-order valence-electron chi connectivity index (χ2n) is 4.10. The number of carbonyl (C=O) groups excluding carboxylic acids is 1. The molecule has 6 nitrogen and oxygen atoms in total. The number of carbonyl (C=O) groups is 2. The van der Waals surface area contributed by atoms with Crippen molar-refractivity contribution in [1.82, 2.24) is 10.3 Å². The van der Waals surface area contributed by atoms with E-state index in [9.17, 15) is 14.7 Å². The number of aromatic carboxylic acids is 1. The molecule has 0 aliphatic carbocycles. The number of hydrogen-bond acceptors (Lipinski definition) is 5. The molecule has 1 aromatic heterocycles. The number of carboxylic acid groups (broad SMARTS) is 1. The van der Waals surface area contributed by atoms with E-state index in [0.29, 0.717) is 22.4 Å². The molecule has 0 bridgehead atoms. The summed E-state index contributed by atoms with van der Waals surface area (Å²) in [5.74, 6) is -1.57. The molecular weight excluding hydrogens is 360 g/mol. The predicted octanol–water partition coefficient (Wildman–Crippen LogP) is 2.28. The Morgan fingerprint density at radius 1 is 1.38 bits per heavy atom. The molecule has 0 fully saturated rings. The maximum atomic E-state index is 11.9. The van der Waals surface area contributed by atoms with Gasteiger partial charge in [0.25, 0.3) is 5.91 Å². The number of phenolic OH excluding ortho intramolecular Hbond substituents is 1. The van der Waals surface area contributed by atoms with Gasteiger partial charge in [0, 0.05) is 22.8 Å². The maximum absolute atomic E-state index is 11.9. The number of carboxylic acids is 1. The van der Waals surface area contributed by atoms with E-state index in [1.54, 1.807) is 6.07 Å². The molecule has 21 heavy (non-hydrogen) atoms. The van der Waals surface area contributed by atoms with Crippen LogP contribution in [0.4, 0.5) is 0 Å². The predicted molar refractivity (Wildman–Crippen MR) is 80.9 cm³/mol. The largest absolute Gasteiger partial charge is 0.507 e. The molecule has 2 aromatic rings. The molecule has 0 radical (unpaired) electrons. The van der Waals surface area contributed by atoms with E-state index in [1.165, 1.54) is 28.8 Å². The van der Waals surface area contributed by atoms with Crippen molar-refractivity contribution < 1.29 is 19.8 Å². The van der Waals surface area contributed by atoms with Crippen LogP contribution in [0.5, 0.6) is 5.75 Å². The van der Waals surface area contributed by atoms with Crippen LogP contribution in [0, 0.1) is 0 Å². The van der Waals surface area contributed by atoms with Gasteiger partial charge in [0.1, 0.15) is 5.75 Å². The first kappa shape index (κ1) is 15.5. The zero-order valence-electron chi connectivity index (χ0n) is 10.7. The SMILES string of the molecule is O=C(O)c1csc(CCNC(=O)c2ccc(Br)cc2O)n1. The van der Waals surface area contributed by atoms with Crippen LogP contribution >= 0.6 is 27.3 Å². The monoisotopic (exact) mass is 370 g/mol. The Kier molecular flexibility index (Phi) is 4.92. The van der Waals surface area contributed by atoms with Crippen LogP contribution in [0.1, 0.15) is 25.9 Å². The number of phenols is 1. The minimum Gasteiger partial charge on any atom is -0.507 e. The zero-order valence-corrected chi connectivity index (χ0v) is 13.1. The first-order valence-electron chi connectivity index (χ1n) is 5.92. The van der Waals surface area contributed by atoms with Gasteiger partial charge in [-0.3, -0.25) is 4.79 Å². The van der Waals surface area contributed by atoms with Gasteiger partial charge in [0.15, 0.2) is 5.69 Å². The lowest BCUT2D eigenvalue weighted by atomic mass is 10.2. The highest BCUT2D eigenvalue weighted by Gasteiger charge is 2.12. The molecule has 0 saturated carbocycles. The Balaban J connectivity index is 1.90. The van der Waals surface area contributed by atoms with Crippen LogP contribution in [-0.4, -0.2) is 33.6 Å². The molecule has 1 aromatic carbocycles. The normalized spacial score (nSPS) is 10.3. The molecule has 0 aliphatic heterocycles. The zero-order chi connectivity index (χ0) is 15.4.